The van der Waals surface area contributed by atoms with Crippen LogP contribution in [0.25, 0.3) is 0 Å². The summed E-state index contributed by atoms with van der Waals surface area (Å²) in [5.41, 5.74) is 4.82. The number of nitrogens with one attached hydrogen (secondary N) is 1. The summed E-state index contributed by atoms with van der Waals surface area (Å²) >= 11 is 0. The first-order valence-corrected chi connectivity index (χ1v) is 5.32. The molecule has 100 valence electrons. The quantitative estimate of drug-likeness (QED) is 0.704. The third kappa shape index (κ3) is 3.44. The number of hydrogen-bond acceptors (Lipinski definition) is 6. The first kappa shape index (κ1) is 13.9. The van der Waals surface area contributed by atoms with E-state index in [-0.39, 0.29) is 17.9 Å². The standard InChI is InChI=1S/C10H16N4O4/c1-10(2,3)5(4-6(15)16)12-9(17)7-8(11)14-18-13-7/h5H,4H2,1-3H3,(H2,11,14)(H,12,17)(H,15,16). The van der Waals surface area contributed by atoms with Gasteiger partial charge in [0.05, 0.1) is 6.42 Å². The molecular formula is C10H16N4O4. The number of aliphatic carboxylic acids is 1. The van der Waals surface area contributed by atoms with Crippen molar-refractivity contribution in [3.63, 3.8) is 0 Å². The highest BCUT2D eigenvalue weighted by Gasteiger charge is 2.30. The Morgan fingerprint density at radius 1 is 1.44 bits per heavy atom. The molecule has 0 radical (unpaired) electrons. The number of carboxylic acid groups (broad SMARTS) is 1. The molecule has 0 fully saturated rings. The Hall–Kier alpha value is -2.12. The number of carbonyl (C=O) groups is 2. The minimum absolute atomic E-state index is 0.129. The van der Waals surface area contributed by atoms with Crippen LogP contribution < -0.4 is 11.1 Å². The molecule has 0 aliphatic carbocycles. The molecule has 1 rings (SSSR count). The van der Waals surface area contributed by atoms with Crippen molar-refractivity contribution in [2.75, 3.05) is 5.73 Å². The largest absolute Gasteiger partial charge is 0.481 e. The molecule has 4 N–H and O–H groups in total. The zero-order valence-corrected chi connectivity index (χ0v) is 10.4. The van der Waals surface area contributed by atoms with Crippen molar-refractivity contribution in [1.82, 2.24) is 15.6 Å². The minimum Gasteiger partial charge on any atom is -0.481 e. The van der Waals surface area contributed by atoms with Crippen molar-refractivity contribution in [2.24, 2.45) is 5.41 Å². The van der Waals surface area contributed by atoms with E-state index in [2.05, 4.69) is 20.3 Å². The van der Waals surface area contributed by atoms with Gasteiger partial charge in [-0.15, -0.1) is 0 Å². The summed E-state index contributed by atoms with van der Waals surface area (Å²) in [4.78, 5) is 22.6. The number of nitrogen functional groups attached to an aromatic ring is 1. The summed E-state index contributed by atoms with van der Waals surface area (Å²) in [5.74, 6) is -1.73. The lowest BCUT2D eigenvalue weighted by Gasteiger charge is -2.29. The van der Waals surface area contributed by atoms with Crippen LogP contribution in [0.1, 0.15) is 37.7 Å². The van der Waals surface area contributed by atoms with Crippen LogP contribution in [-0.2, 0) is 4.79 Å². The van der Waals surface area contributed by atoms with Crippen molar-refractivity contribution in [2.45, 2.75) is 33.2 Å². The lowest BCUT2D eigenvalue weighted by Crippen LogP contribution is -2.45. The van der Waals surface area contributed by atoms with Crippen LogP contribution in [0.5, 0.6) is 0 Å². The summed E-state index contributed by atoms with van der Waals surface area (Å²) in [6, 6.07) is -0.557. The van der Waals surface area contributed by atoms with Crippen LogP contribution in [0.4, 0.5) is 5.82 Å². The van der Waals surface area contributed by atoms with Gasteiger partial charge in [0.25, 0.3) is 5.91 Å². The number of aromatic nitrogens is 2. The second kappa shape index (κ2) is 5.03. The van der Waals surface area contributed by atoms with Crippen molar-refractivity contribution in [1.29, 1.82) is 0 Å². The second-order valence-electron chi connectivity index (χ2n) is 4.99. The lowest BCUT2D eigenvalue weighted by atomic mass is 9.84. The highest BCUT2D eigenvalue weighted by Crippen LogP contribution is 2.22. The van der Waals surface area contributed by atoms with Gasteiger partial charge in [-0.1, -0.05) is 20.8 Å². The molecule has 0 aliphatic heterocycles. The summed E-state index contributed by atoms with van der Waals surface area (Å²) in [7, 11) is 0. The molecule has 0 aromatic carbocycles. The van der Waals surface area contributed by atoms with Crippen molar-refractivity contribution in [3.05, 3.63) is 5.69 Å². The van der Waals surface area contributed by atoms with E-state index >= 15 is 0 Å². The van der Waals surface area contributed by atoms with E-state index in [9.17, 15) is 9.59 Å². The molecule has 1 heterocycles. The van der Waals surface area contributed by atoms with Crippen LogP contribution in [0.15, 0.2) is 4.63 Å². The van der Waals surface area contributed by atoms with Gasteiger partial charge in [0.1, 0.15) is 0 Å². The molecule has 1 aromatic rings. The topological polar surface area (TPSA) is 131 Å². The summed E-state index contributed by atoms with van der Waals surface area (Å²) in [5, 5.41) is 18.0. The minimum atomic E-state index is -0.999. The Morgan fingerprint density at radius 2 is 2.06 bits per heavy atom. The molecule has 1 unspecified atom stereocenters. The number of nitrogens with zero attached hydrogens (tertiary/aromatic N) is 2. The van der Waals surface area contributed by atoms with Gasteiger partial charge in [-0.05, 0) is 15.7 Å². The van der Waals surface area contributed by atoms with E-state index in [4.69, 9.17) is 10.8 Å². The fourth-order valence-corrected chi connectivity index (χ4v) is 1.33. The monoisotopic (exact) mass is 256 g/mol. The molecule has 1 atom stereocenters. The first-order valence-electron chi connectivity index (χ1n) is 5.32. The number of carboxylic acids is 1. The maximum absolute atomic E-state index is 11.8. The predicted molar refractivity (Wildman–Crippen MR) is 61.7 cm³/mol. The van der Waals surface area contributed by atoms with E-state index in [1.807, 2.05) is 20.8 Å². The maximum atomic E-state index is 11.8. The zero-order chi connectivity index (χ0) is 13.9. The first-order chi connectivity index (χ1) is 8.21. The maximum Gasteiger partial charge on any atom is 0.305 e. The highest BCUT2D eigenvalue weighted by atomic mass is 16.6. The van der Waals surface area contributed by atoms with Crippen molar-refractivity contribution < 1.29 is 19.3 Å². The van der Waals surface area contributed by atoms with Gasteiger partial charge >= 0.3 is 5.97 Å². The van der Waals surface area contributed by atoms with Crippen LogP contribution in [0, 0.1) is 5.41 Å². The SMILES string of the molecule is CC(C)(C)C(CC(=O)O)NC(=O)c1nonc1N. The Labute approximate surface area is 103 Å². The Balaban J connectivity index is 2.82. The van der Waals surface area contributed by atoms with Crippen LogP contribution in [0.3, 0.4) is 0 Å². The molecule has 0 spiro atoms. The van der Waals surface area contributed by atoms with Crippen LogP contribution in [-0.4, -0.2) is 33.3 Å². The van der Waals surface area contributed by atoms with Gasteiger partial charge in [-0.2, -0.15) is 0 Å². The molecular weight excluding hydrogens is 240 g/mol. The van der Waals surface area contributed by atoms with Gasteiger partial charge < -0.3 is 16.2 Å². The number of rotatable bonds is 4. The molecule has 8 nitrogen and oxygen atoms in total. The number of amides is 1. The van der Waals surface area contributed by atoms with Gasteiger partial charge in [0, 0.05) is 6.04 Å². The number of hydrogen-bond donors (Lipinski definition) is 3. The van der Waals surface area contributed by atoms with Crippen molar-refractivity contribution in [3.8, 4) is 0 Å². The van der Waals surface area contributed by atoms with Crippen molar-refractivity contribution >= 4 is 17.7 Å². The van der Waals surface area contributed by atoms with E-state index in [1.165, 1.54) is 0 Å². The highest BCUT2D eigenvalue weighted by molar-refractivity contribution is 5.96. The molecule has 1 aromatic heterocycles. The zero-order valence-electron chi connectivity index (χ0n) is 10.4. The van der Waals surface area contributed by atoms with Crippen LogP contribution >= 0.6 is 0 Å². The summed E-state index contributed by atoms with van der Waals surface area (Å²) in [6.07, 6.45) is -0.194. The molecule has 0 saturated carbocycles. The Kier molecular flexibility index (Phi) is 3.89. The second-order valence-corrected chi connectivity index (χ2v) is 4.99. The average molecular weight is 256 g/mol. The molecule has 0 saturated heterocycles. The van der Waals surface area contributed by atoms with E-state index in [0.717, 1.165) is 0 Å². The third-order valence-electron chi connectivity index (χ3n) is 2.46. The summed E-state index contributed by atoms with van der Waals surface area (Å²) < 4.78 is 4.31. The average Bonchev–Trinajstić information content (AvgIpc) is 2.61. The van der Waals surface area contributed by atoms with Gasteiger partial charge in [-0.25, -0.2) is 4.63 Å². The van der Waals surface area contributed by atoms with Gasteiger partial charge in [0.15, 0.2) is 0 Å². The molecule has 18 heavy (non-hydrogen) atoms. The molecule has 0 bridgehead atoms. The Bertz CT molecular complexity index is 449. The molecule has 0 aliphatic rings. The smallest absolute Gasteiger partial charge is 0.305 e. The van der Waals surface area contributed by atoms with Gasteiger partial charge in [-0.3, -0.25) is 9.59 Å². The fourth-order valence-electron chi connectivity index (χ4n) is 1.33. The number of carbonyl (C=O) groups excluding carboxylic acids is 1. The lowest BCUT2D eigenvalue weighted by molar-refractivity contribution is -0.138. The van der Waals surface area contributed by atoms with E-state index in [0.29, 0.717) is 0 Å². The predicted octanol–water partition coefficient (Wildman–Crippen LogP) is 0.271. The van der Waals surface area contributed by atoms with E-state index < -0.39 is 23.3 Å². The van der Waals surface area contributed by atoms with E-state index in [1.54, 1.807) is 0 Å². The Morgan fingerprint density at radius 3 is 2.44 bits per heavy atom. The fraction of sp³-hybridized carbons (Fsp3) is 0.600. The summed E-state index contributed by atoms with van der Waals surface area (Å²) in [6.45, 7) is 5.47. The number of anilines is 1. The molecule has 1 amide bonds. The van der Waals surface area contributed by atoms with Gasteiger partial charge in [0.2, 0.25) is 11.5 Å². The molecule has 8 heteroatoms. The number of nitrogens with two attached hydrogens (primary N) is 1. The third-order valence-corrected chi connectivity index (χ3v) is 2.46. The normalized spacial score (nSPS) is 13.1. The van der Waals surface area contributed by atoms with Crippen LogP contribution in [0.2, 0.25) is 0 Å².